The van der Waals surface area contributed by atoms with Gasteiger partial charge in [-0.15, -0.1) is 0 Å². The van der Waals surface area contributed by atoms with Crippen LogP contribution in [0.1, 0.15) is 31.9 Å². The van der Waals surface area contributed by atoms with E-state index in [9.17, 15) is 17.6 Å². The molecule has 5 heteroatoms. The van der Waals surface area contributed by atoms with Gasteiger partial charge in [-0.05, 0) is 26.8 Å². The maximum atomic E-state index is 13.6. The quantitative estimate of drug-likeness (QED) is 0.704. The fraction of sp³-hybridized carbons (Fsp3) is 0.385. The summed E-state index contributed by atoms with van der Waals surface area (Å²) in [6, 6.07) is 1.71. The van der Waals surface area contributed by atoms with E-state index in [2.05, 4.69) is 6.58 Å². The fourth-order valence-corrected chi connectivity index (χ4v) is 1.45. The van der Waals surface area contributed by atoms with Gasteiger partial charge in [0.2, 0.25) is 0 Å². The van der Waals surface area contributed by atoms with E-state index in [4.69, 9.17) is 4.74 Å². The minimum Gasteiger partial charge on any atom is -0.488 e. The van der Waals surface area contributed by atoms with E-state index >= 15 is 0 Å². The van der Waals surface area contributed by atoms with Crippen LogP contribution >= 0.6 is 0 Å². The highest BCUT2D eigenvalue weighted by Crippen LogP contribution is 2.37. The molecular weight excluding hydrogens is 248 g/mol. The largest absolute Gasteiger partial charge is 0.488 e. The van der Waals surface area contributed by atoms with Crippen LogP contribution in [0.4, 0.5) is 17.6 Å². The highest BCUT2D eigenvalue weighted by molar-refractivity contribution is 5.56. The van der Waals surface area contributed by atoms with E-state index < -0.39 is 28.7 Å². The summed E-state index contributed by atoms with van der Waals surface area (Å²) in [5.41, 5.74) is -2.36. The van der Waals surface area contributed by atoms with Gasteiger partial charge in [-0.2, -0.15) is 13.2 Å². The average molecular weight is 262 g/mol. The van der Waals surface area contributed by atoms with Crippen molar-refractivity contribution in [3.05, 3.63) is 35.7 Å². The van der Waals surface area contributed by atoms with E-state index in [-0.39, 0.29) is 5.75 Å². The fourth-order valence-electron chi connectivity index (χ4n) is 1.45. The smallest absolute Gasteiger partial charge is 0.417 e. The maximum absolute atomic E-state index is 13.6. The van der Waals surface area contributed by atoms with Crippen LogP contribution in [-0.4, -0.2) is 5.60 Å². The number of ether oxygens (including phenoxy) is 1. The molecule has 0 amide bonds. The number of hydrogen-bond acceptors (Lipinski definition) is 1. The lowest BCUT2D eigenvalue weighted by atomic mass is 10.1. The number of benzene rings is 1. The Bertz CT molecular complexity index is 455. The molecule has 0 unspecified atom stereocenters. The van der Waals surface area contributed by atoms with Gasteiger partial charge in [0, 0.05) is 11.6 Å². The highest BCUT2D eigenvalue weighted by atomic mass is 19.4. The first-order valence-corrected chi connectivity index (χ1v) is 5.27. The van der Waals surface area contributed by atoms with Gasteiger partial charge < -0.3 is 4.74 Å². The molecule has 0 saturated carbocycles. The minimum absolute atomic E-state index is 0.155. The molecule has 1 rings (SSSR count). The Morgan fingerprint density at radius 1 is 1.17 bits per heavy atom. The van der Waals surface area contributed by atoms with Gasteiger partial charge >= 0.3 is 6.18 Å². The summed E-state index contributed by atoms with van der Waals surface area (Å²) in [5, 5.41) is 0. The van der Waals surface area contributed by atoms with E-state index in [1.54, 1.807) is 20.8 Å². The Morgan fingerprint density at radius 3 is 2.11 bits per heavy atom. The summed E-state index contributed by atoms with van der Waals surface area (Å²) in [5.74, 6) is -1.16. The molecule has 1 nitrogen and oxygen atoms in total. The normalized spacial score (nSPS) is 12.4. The van der Waals surface area contributed by atoms with Crippen molar-refractivity contribution in [2.45, 2.75) is 32.5 Å². The summed E-state index contributed by atoms with van der Waals surface area (Å²) >= 11 is 0. The second kappa shape index (κ2) is 4.63. The topological polar surface area (TPSA) is 9.23 Å². The molecule has 0 saturated heterocycles. The molecule has 0 radical (unpaired) electrons. The first-order chi connectivity index (χ1) is 8.04. The van der Waals surface area contributed by atoms with Crippen LogP contribution in [0, 0.1) is 5.82 Å². The number of rotatable bonds is 2. The molecule has 1 aromatic rings. The van der Waals surface area contributed by atoms with Gasteiger partial charge in [-0.25, -0.2) is 4.39 Å². The SMILES string of the molecule is C=Cc1c(F)cc(OC(C)(C)C)cc1C(F)(F)F. The zero-order valence-electron chi connectivity index (χ0n) is 10.4. The molecule has 0 aromatic heterocycles. The molecule has 0 atom stereocenters. The number of hydrogen-bond donors (Lipinski definition) is 0. The van der Waals surface area contributed by atoms with Crippen LogP contribution in [0.15, 0.2) is 18.7 Å². The van der Waals surface area contributed by atoms with Crippen molar-refractivity contribution < 1.29 is 22.3 Å². The van der Waals surface area contributed by atoms with E-state index in [0.717, 1.165) is 18.2 Å². The molecule has 0 bridgehead atoms. The van der Waals surface area contributed by atoms with Crippen molar-refractivity contribution in [3.63, 3.8) is 0 Å². The van der Waals surface area contributed by atoms with Crippen LogP contribution in [0.5, 0.6) is 5.75 Å². The zero-order chi connectivity index (χ0) is 14.1. The molecule has 0 heterocycles. The zero-order valence-corrected chi connectivity index (χ0v) is 10.4. The molecule has 18 heavy (non-hydrogen) atoms. The van der Waals surface area contributed by atoms with Crippen molar-refractivity contribution >= 4 is 6.08 Å². The van der Waals surface area contributed by atoms with E-state index in [1.165, 1.54) is 0 Å². The van der Waals surface area contributed by atoms with Gasteiger partial charge in [0.25, 0.3) is 0 Å². The summed E-state index contributed by atoms with van der Waals surface area (Å²) in [6.07, 6.45) is -3.80. The van der Waals surface area contributed by atoms with Crippen LogP contribution in [0.3, 0.4) is 0 Å². The molecule has 0 aliphatic rings. The summed E-state index contributed by atoms with van der Waals surface area (Å²) in [4.78, 5) is 0. The third-order valence-electron chi connectivity index (χ3n) is 2.04. The standard InChI is InChI=1S/C13H14F4O/c1-5-9-10(13(15,16)17)6-8(7-11(9)14)18-12(2,3)4/h5-7H,1H2,2-4H3. The van der Waals surface area contributed by atoms with Crippen LogP contribution in [0.2, 0.25) is 0 Å². The Hall–Kier alpha value is -1.52. The monoisotopic (exact) mass is 262 g/mol. The Kier molecular flexibility index (Phi) is 3.74. The van der Waals surface area contributed by atoms with Crippen molar-refractivity contribution in [1.82, 2.24) is 0 Å². The second-order valence-electron chi connectivity index (χ2n) is 4.78. The van der Waals surface area contributed by atoms with Crippen LogP contribution in [-0.2, 0) is 6.18 Å². The number of alkyl halides is 3. The van der Waals surface area contributed by atoms with Crippen molar-refractivity contribution in [1.29, 1.82) is 0 Å². The molecule has 0 fully saturated rings. The minimum atomic E-state index is -4.65. The van der Waals surface area contributed by atoms with Gasteiger partial charge in [-0.3, -0.25) is 0 Å². The predicted octanol–water partition coefficient (Wildman–Crippen LogP) is 4.66. The maximum Gasteiger partial charge on any atom is 0.417 e. The molecule has 0 aliphatic heterocycles. The van der Waals surface area contributed by atoms with Crippen molar-refractivity contribution in [3.8, 4) is 5.75 Å². The summed E-state index contributed by atoms with van der Waals surface area (Å²) < 4.78 is 57.1. The predicted molar refractivity (Wildman–Crippen MR) is 61.9 cm³/mol. The van der Waals surface area contributed by atoms with Gasteiger partial charge in [-0.1, -0.05) is 12.7 Å². The highest BCUT2D eigenvalue weighted by Gasteiger charge is 2.35. The Balaban J connectivity index is 3.36. The molecule has 0 N–H and O–H groups in total. The average Bonchev–Trinajstić information content (AvgIpc) is 2.12. The number of halogens is 4. The lowest BCUT2D eigenvalue weighted by molar-refractivity contribution is -0.138. The van der Waals surface area contributed by atoms with E-state index in [1.807, 2.05) is 0 Å². The third kappa shape index (κ3) is 3.48. The second-order valence-corrected chi connectivity index (χ2v) is 4.78. The van der Waals surface area contributed by atoms with Crippen molar-refractivity contribution in [2.24, 2.45) is 0 Å². The first kappa shape index (κ1) is 14.5. The Morgan fingerprint density at radius 2 is 1.72 bits per heavy atom. The molecular formula is C13H14F4O. The summed E-state index contributed by atoms with van der Waals surface area (Å²) in [6.45, 7) is 8.19. The summed E-state index contributed by atoms with van der Waals surface area (Å²) in [7, 11) is 0. The van der Waals surface area contributed by atoms with Gasteiger partial charge in [0.15, 0.2) is 0 Å². The third-order valence-corrected chi connectivity index (χ3v) is 2.04. The Labute approximate surface area is 103 Å². The molecule has 0 spiro atoms. The molecule has 1 aromatic carbocycles. The van der Waals surface area contributed by atoms with E-state index in [0.29, 0.717) is 0 Å². The van der Waals surface area contributed by atoms with Gasteiger partial charge in [0.05, 0.1) is 5.56 Å². The van der Waals surface area contributed by atoms with Crippen LogP contribution < -0.4 is 4.74 Å². The lowest BCUT2D eigenvalue weighted by Crippen LogP contribution is -2.23. The molecule has 100 valence electrons. The first-order valence-electron chi connectivity index (χ1n) is 5.27. The van der Waals surface area contributed by atoms with Crippen molar-refractivity contribution in [2.75, 3.05) is 0 Å². The van der Waals surface area contributed by atoms with Crippen LogP contribution in [0.25, 0.3) is 6.08 Å². The van der Waals surface area contributed by atoms with Gasteiger partial charge in [0.1, 0.15) is 17.2 Å². The molecule has 0 aliphatic carbocycles. The lowest BCUT2D eigenvalue weighted by Gasteiger charge is -2.22.